The maximum atomic E-state index is 12.8. The number of nitro benzene ring substituents is 1. The van der Waals surface area contributed by atoms with Crippen molar-refractivity contribution >= 4 is 44.1 Å². The van der Waals surface area contributed by atoms with Crippen LogP contribution in [-0.4, -0.2) is 26.0 Å². The Morgan fingerprint density at radius 2 is 1.88 bits per heavy atom. The Balaban J connectivity index is 2.79. The number of carbonyl (C=O) groups excluding carboxylic acids is 1. The molecule has 2 aromatic rings. The minimum absolute atomic E-state index is 0.0287. The summed E-state index contributed by atoms with van der Waals surface area (Å²) in [6.07, 6.45) is 0.303. The quantitative estimate of drug-likeness (QED) is 0.413. The molecule has 0 aliphatic heterocycles. The van der Waals surface area contributed by atoms with E-state index in [1.807, 2.05) is 0 Å². The number of halogens is 1. The second-order valence-corrected chi connectivity index (χ2v) is 7.84. The number of benzene rings is 2. The zero-order valence-electron chi connectivity index (χ0n) is 13.1. The van der Waals surface area contributed by atoms with E-state index in [0.717, 1.165) is 12.1 Å². The molecule has 0 bridgehead atoms. The van der Waals surface area contributed by atoms with Crippen LogP contribution in [-0.2, 0) is 16.3 Å². The minimum Gasteiger partial charge on any atom is -0.267 e. The molecular formula is C16H13BrN2O5S. The topological polar surface area (TPSA) is 107 Å². The van der Waals surface area contributed by atoms with Crippen molar-refractivity contribution in [3.8, 4) is 0 Å². The molecule has 0 aliphatic rings. The van der Waals surface area contributed by atoms with Crippen LogP contribution in [0.3, 0.4) is 0 Å². The van der Waals surface area contributed by atoms with E-state index in [1.165, 1.54) is 24.3 Å². The zero-order valence-corrected chi connectivity index (χ0v) is 15.5. The highest BCUT2D eigenvalue weighted by Gasteiger charge is 2.30. The average molecular weight is 425 g/mol. The first kappa shape index (κ1) is 18.9. The van der Waals surface area contributed by atoms with Gasteiger partial charge in [0.15, 0.2) is 0 Å². The van der Waals surface area contributed by atoms with Gasteiger partial charge in [-0.2, -0.15) is 0 Å². The molecule has 0 N–H and O–H groups in total. The van der Waals surface area contributed by atoms with Gasteiger partial charge in [-0.1, -0.05) is 22.9 Å². The maximum absolute atomic E-state index is 12.8. The Morgan fingerprint density at radius 3 is 2.36 bits per heavy atom. The predicted octanol–water partition coefficient (Wildman–Crippen LogP) is 3.59. The molecular weight excluding hydrogens is 412 g/mol. The van der Waals surface area contributed by atoms with E-state index in [4.69, 9.17) is 0 Å². The van der Waals surface area contributed by atoms with Crippen molar-refractivity contribution in [3.63, 3.8) is 0 Å². The molecule has 0 saturated carbocycles. The summed E-state index contributed by atoms with van der Waals surface area (Å²) in [7, 11) is -4.13. The largest absolute Gasteiger partial charge is 0.289 e. The van der Waals surface area contributed by atoms with Gasteiger partial charge >= 0.3 is 0 Å². The molecule has 0 heterocycles. The lowest BCUT2D eigenvalue weighted by molar-refractivity contribution is -0.387. The van der Waals surface area contributed by atoms with Crippen LogP contribution >= 0.6 is 15.9 Å². The Labute approximate surface area is 152 Å². The molecule has 1 amide bonds. The summed E-state index contributed by atoms with van der Waals surface area (Å²) in [6.45, 7) is 4.83. The molecule has 0 radical (unpaired) electrons. The third-order valence-corrected chi connectivity index (χ3v) is 5.88. The summed E-state index contributed by atoms with van der Waals surface area (Å²) in [5.41, 5.74) is -0.357. The van der Waals surface area contributed by atoms with Crippen LogP contribution in [0.4, 0.5) is 5.69 Å². The highest BCUT2D eigenvalue weighted by Crippen LogP contribution is 2.33. The number of sulfone groups is 1. The fourth-order valence-electron chi connectivity index (χ4n) is 2.29. The normalized spacial score (nSPS) is 11.1. The molecule has 0 fully saturated rings. The number of carbonyl (C=O) groups is 1. The second-order valence-electron chi connectivity index (χ2n) is 5.01. The van der Waals surface area contributed by atoms with Gasteiger partial charge in [0.1, 0.15) is 4.90 Å². The summed E-state index contributed by atoms with van der Waals surface area (Å²) in [5.74, 6) is -0.743. The lowest BCUT2D eigenvalue weighted by Crippen LogP contribution is -2.10. The first-order valence-electron chi connectivity index (χ1n) is 7.05. The second kappa shape index (κ2) is 7.24. The van der Waals surface area contributed by atoms with Gasteiger partial charge in [0.25, 0.3) is 11.6 Å². The van der Waals surface area contributed by atoms with Gasteiger partial charge < -0.3 is 0 Å². The van der Waals surface area contributed by atoms with E-state index in [9.17, 15) is 23.3 Å². The number of amides is 1. The number of aliphatic imine (C=N–C) groups is 1. The van der Waals surface area contributed by atoms with Crippen LogP contribution in [0.15, 0.2) is 55.7 Å². The number of nitrogens with zero attached hydrogens (tertiary/aromatic N) is 2. The molecule has 130 valence electrons. The van der Waals surface area contributed by atoms with Gasteiger partial charge in [0, 0.05) is 10.5 Å². The summed E-state index contributed by atoms with van der Waals surface area (Å²) < 4.78 is 26.4. The highest BCUT2D eigenvalue weighted by molar-refractivity contribution is 9.10. The van der Waals surface area contributed by atoms with Crippen LogP contribution in [0.5, 0.6) is 0 Å². The number of hydrogen-bond acceptors (Lipinski definition) is 5. The fraction of sp³-hybridized carbons (Fsp3) is 0.125. The van der Waals surface area contributed by atoms with E-state index >= 15 is 0 Å². The van der Waals surface area contributed by atoms with Gasteiger partial charge in [-0.15, -0.1) is 0 Å². The van der Waals surface area contributed by atoms with Gasteiger partial charge in [-0.25, -0.2) is 13.4 Å². The monoisotopic (exact) mass is 424 g/mol. The summed E-state index contributed by atoms with van der Waals surface area (Å²) in [6, 6.07) is 7.85. The van der Waals surface area contributed by atoms with Crippen molar-refractivity contribution in [1.82, 2.24) is 0 Å². The Bertz CT molecular complexity index is 969. The third-order valence-electron chi connectivity index (χ3n) is 3.55. The van der Waals surface area contributed by atoms with Gasteiger partial charge in [0.05, 0.1) is 15.4 Å². The molecule has 25 heavy (non-hydrogen) atoms. The van der Waals surface area contributed by atoms with Crippen molar-refractivity contribution < 1.29 is 18.1 Å². The molecule has 0 aliphatic carbocycles. The summed E-state index contributed by atoms with van der Waals surface area (Å²) in [4.78, 5) is 25.1. The maximum Gasteiger partial charge on any atom is 0.289 e. The van der Waals surface area contributed by atoms with E-state index in [2.05, 4.69) is 27.6 Å². The van der Waals surface area contributed by atoms with Crippen molar-refractivity contribution in [1.29, 1.82) is 0 Å². The molecule has 0 aromatic heterocycles. The molecule has 9 heteroatoms. The van der Waals surface area contributed by atoms with E-state index in [-0.39, 0.29) is 10.5 Å². The first-order valence-corrected chi connectivity index (χ1v) is 9.33. The van der Waals surface area contributed by atoms with Crippen LogP contribution in [0.2, 0.25) is 0 Å². The van der Waals surface area contributed by atoms with Crippen molar-refractivity contribution in [2.24, 2.45) is 4.99 Å². The lowest BCUT2D eigenvalue weighted by atomic mass is 10.0. The number of aryl methyl sites for hydroxylation is 1. The van der Waals surface area contributed by atoms with Crippen molar-refractivity contribution in [2.75, 3.05) is 0 Å². The van der Waals surface area contributed by atoms with E-state index in [1.54, 1.807) is 6.92 Å². The zero-order chi connectivity index (χ0) is 18.8. The third kappa shape index (κ3) is 3.67. The van der Waals surface area contributed by atoms with E-state index < -0.39 is 31.3 Å². The van der Waals surface area contributed by atoms with Crippen LogP contribution < -0.4 is 0 Å². The SMILES string of the molecule is C=NC(=O)c1cc([N+](=O)[O-])c(S(=O)(=O)c2ccc(Br)cc2)cc1CC. The minimum atomic E-state index is -4.13. The van der Waals surface area contributed by atoms with Crippen molar-refractivity contribution in [3.05, 3.63) is 62.1 Å². The molecule has 2 rings (SSSR count). The summed E-state index contributed by atoms with van der Waals surface area (Å²) >= 11 is 3.21. The first-order chi connectivity index (χ1) is 11.7. The fourth-order valence-corrected chi connectivity index (χ4v) is 4.00. The van der Waals surface area contributed by atoms with Crippen LogP contribution in [0.25, 0.3) is 0 Å². The average Bonchev–Trinajstić information content (AvgIpc) is 2.60. The molecule has 7 nitrogen and oxygen atoms in total. The number of hydrogen-bond donors (Lipinski definition) is 0. The van der Waals surface area contributed by atoms with Gasteiger partial charge in [-0.05, 0) is 49.0 Å². The molecule has 0 saturated heterocycles. The number of nitro groups is 1. The Hall–Kier alpha value is -2.39. The molecule has 2 aromatic carbocycles. The lowest BCUT2D eigenvalue weighted by Gasteiger charge is -2.10. The molecule has 0 unspecified atom stereocenters. The highest BCUT2D eigenvalue weighted by atomic mass is 79.9. The smallest absolute Gasteiger partial charge is 0.267 e. The molecule has 0 spiro atoms. The Morgan fingerprint density at radius 1 is 1.28 bits per heavy atom. The Kier molecular flexibility index (Phi) is 5.48. The number of rotatable bonds is 5. The van der Waals surface area contributed by atoms with E-state index in [0.29, 0.717) is 16.5 Å². The van der Waals surface area contributed by atoms with Gasteiger partial charge in [0.2, 0.25) is 9.84 Å². The summed E-state index contributed by atoms with van der Waals surface area (Å²) in [5, 5.41) is 11.4. The van der Waals surface area contributed by atoms with Crippen LogP contribution in [0.1, 0.15) is 22.8 Å². The molecule has 0 atom stereocenters. The van der Waals surface area contributed by atoms with Crippen molar-refractivity contribution in [2.45, 2.75) is 23.1 Å². The predicted molar refractivity (Wildman–Crippen MR) is 95.9 cm³/mol. The van der Waals surface area contributed by atoms with Crippen LogP contribution in [0, 0.1) is 10.1 Å². The van der Waals surface area contributed by atoms with Gasteiger partial charge in [-0.3, -0.25) is 14.9 Å². The standard InChI is InChI=1S/C16H13BrN2O5S/c1-3-10-8-15(14(19(21)22)9-13(10)16(20)18-2)25(23,24)12-6-4-11(17)5-7-12/h4-9H,2-3H2,1H3.